The third-order valence-corrected chi connectivity index (χ3v) is 2.93. The van der Waals surface area contributed by atoms with Gasteiger partial charge in [0, 0.05) is 18.7 Å². The van der Waals surface area contributed by atoms with Crippen LogP contribution in [-0.2, 0) is 0 Å². The number of ether oxygens (including phenoxy) is 1. The molecule has 1 aliphatic rings. The Kier molecular flexibility index (Phi) is 5.90. The van der Waals surface area contributed by atoms with Gasteiger partial charge in [0.2, 0.25) is 0 Å². The smallest absolute Gasteiger partial charge is 0.253 e. The summed E-state index contributed by atoms with van der Waals surface area (Å²) in [5, 5.41) is 0. The molecule has 0 fully saturated rings. The highest BCUT2D eigenvalue weighted by Crippen LogP contribution is 2.26. The summed E-state index contributed by atoms with van der Waals surface area (Å²) in [6.45, 7) is 6.58. The molecule has 2 rings (SSSR count). The Morgan fingerprint density at radius 1 is 1.41 bits per heavy atom. The molecule has 0 N–H and O–H groups in total. The Labute approximate surface area is 123 Å². The lowest BCUT2D eigenvalue weighted by Gasteiger charge is -2.22. The molecule has 0 spiro atoms. The fourth-order valence-corrected chi connectivity index (χ4v) is 2.12. The lowest BCUT2D eigenvalue weighted by atomic mass is 10.1. The number of hydrogen-bond donors (Lipinski definition) is 0. The number of halogens is 1. The maximum Gasteiger partial charge on any atom is 0.253 e. The number of rotatable bonds is 4. The van der Waals surface area contributed by atoms with E-state index in [1.807, 2.05) is 13.0 Å². The summed E-state index contributed by atoms with van der Waals surface area (Å²) in [4.78, 5) is 2.23. The van der Waals surface area contributed by atoms with Crippen molar-refractivity contribution >= 4 is 41.3 Å². The van der Waals surface area contributed by atoms with Gasteiger partial charge in [-0.05, 0) is 26.1 Å². The van der Waals surface area contributed by atoms with E-state index in [1.54, 1.807) is 0 Å². The normalized spacial score (nSPS) is 14.2. The van der Waals surface area contributed by atoms with Gasteiger partial charge in [-0.3, -0.25) is 0 Å². The van der Waals surface area contributed by atoms with E-state index in [2.05, 4.69) is 32.8 Å². The topological polar surface area (TPSA) is 38.3 Å². The second-order valence-corrected chi connectivity index (χ2v) is 3.98. The van der Waals surface area contributed by atoms with Crippen LogP contribution in [0.2, 0.25) is 0 Å². The Hall–Kier alpha value is -0.630. The predicted molar refractivity (Wildman–Crippen MR) is 80.9 cm³/mol. The molecule has 2 heterocycles. The Morgan fingerprint density at radius 2 is 2.24 bits per heavy atom. The molecule has 17 heavy (non-hydrogen) atoms. The summed E-state index contributed by atoms with van der Waals surface area (Å²) in [5.74, 6) is 0.658. The average molecular weight is 365 g/mol. The minimum atomic E-state index is 0. The van der Waals surface area contributed by atoms with Crippen molar-refractivity contribution < 1.29 is 4.74 Å². The van der Waals surface area contributed by atoms with E-state index in [1.165, 1.54) is 17.3 Å². The zero-order valence-electron chi connectivity index (χ0n) is 9.92. The molecular formula is C11H16IN3OS. The van der Waals surface area contributed by atoms with Gasteiger partial charge in [0.15, 0.2) is 0 Å². The molecule has 0 unspecified atom stereocenters. The minimum absolute atomic E-state index is 0. The third-order valence-electron chi connectivity index (χ3n) is 2.42. The third kappa shape index (κ3) is 3.41. The van der Waals surface area contributed by atoms with Gasteiger partial charge in [-0.2, -0.15) is 4.37 Å². The van der Waals surface area contributed by atoms with Crippen LogP contribution in [0.4, 0.5) is 0 Å². The van der Waals surface area contributed by atoms with Gasteiger partial charge in [-0.1, -0.05) is 6.08 Å². The van der Waals surface area contributed by atoms with Crippen molar-refractivity contribution in [3.8, 4) is 5.88 Å². The van der Waals surface area contributed by atoms with E-state index in [-0.39, 0.29) is 24.0 Å². The lowest BCUT2D eigenvalue weighted by molar-refractivity contribution is 0.328. The summed E-state index contributed by atoms with van der Waals surface area (Å²) >= 11 is 1.20. The van der Waals surface area contributed by atoms with E-state index in [9.17, 15) is 0 Å². The number of allylic oxidation sites excluding steroid dienone is 2. The quantitative estimate of drug-likeness (QED) is 0.770. The van der Waals surface area contributed by atoms with Crippen LogP contribution in [-0.4, -0.2) is 33.3 Å². The predicted octanol–water partition coefficient (Wildman–Crippen LogP) is 2.79. The Balaban J connectivity index is 0.00000144. The molecular weight excluding hydrogens is 349 g/mol. The number of likely N-dealkylation sites (N-methyl/N-ethyl adjacent to an activating group) is 1. The van der Waals surface area contributed by atoms with Gasteiger partial charge in [0.25, 0.3) is 5.88 Å². The second-order valence-electron chi connectivity index (χ2n) is 3.45. The highest BCUT2D eigenvalue weighted by molar-refractivity contribution is 14.0. The molecule has 94 valence electrons. The largest absolute Gasteiger partial charge is 0.476 e. The standard InChI is InChI=1S/C11H15N3OS.HI/c1-3-14-7-5-6-9(8-14)10-11(15-4-2)13-16-12-10;/h5-7H,3-4,8H2,1-2H3;1H. The fourth-order valence-electron chi connectivity index (χ4n) is 1.58. The first kappa shape index (κ1) is 14.4. The van der Waals surface area contributed by atoms with Crippen LogP contribution in [0.5, 0.6) is 5.88 Å². The Morgan fingerprint density at radius 3 is 2.94 bits per heavy atom. The summed E-state index contributed by atoms with van der Waals surface area (Å²) in [5.41, 5.74) is 2.05. The van der Waals surface area contributed by atoms with Crippen molar-refractivity contribution in [3.63, 3.8) is 0 Å². The van der Waals surface area contributed by atoms with Crippen molar-refractivity contribution in [2.24, 2.45) is 0 Å². The van der Waals surface area contributed by atoms with E-state index >= 15 is 0 Å². The molecule has 1 aromatic rings. The molecule has 1 aliphatic heterocycles. The zero-order chi connectivity index (χ0) is 11.4. The monoisotopic (exact) mass is 365 g/mol. The molecule has 0 bridgehead atoms. The minimum Gasteiger partial charge on any atom is -0.476 e. The molecule has 6 heteroatoms. The highest BCUT2D eigenvalue weighted by Gasteiger charge is 2.16. The first-order valence-electron chi connectivity index (χ1n) is 5.42. The summed E-state index contributed by atoms with van der Waals surface area (Å²) in [7, 11) is 0. The number of hydrogen-bond acceptors (Lipinski definition) is 5. The van der Waals surface area contributed by atoms with Crippen molar-refractivity contribution in [2.75, 3.05) is 19.7 Å². The molecule has 0 radical (unpaired) electrons. The van der Waals surface area contributed by atoms with E-state index in [0.29, 0.717) is 12.5 Å². The van der Waals surface area contributed by atoms with Gasteiger partial charge in [-0.15, -0.1) is 28.4 Å². The average Bonchev–Trinajstić information content (AvgIpc) is 2.78. The molecule has 0 amide bonds. The van der Waals surface area contributed by atoms with Crippen LogP contribution in [0.3, 0.4) is 0 Å². The highest BCUT2D eigenvalue weighted by atomic mass is 127. The SMILES string of the molecule is CCOc1nsnc1C1=CC=CN(CC)C1.I. The molecule has 0 atom stereocenters. The number of aromatic nitrogens is 2. The van der Waals surface area contributed by atoms with Crippen molar-refractivity contribution in [1.82, 2.24) is 13.6 Å². The van der Waals surface area contributed by atoms with E-state index in [4.69, 9.17) is 4.74 Å². The van der Waals surface area contributed by atoms with Gasteiger partial charge in [0.1, 0.15) is 5.69 Å². The van der Waals surface area contributed by atoms with Crippen LogP contribution in [0.25, 0.3) is 5.57 Å². The fraction of sp³-hybridized carbons (Fsp3) is 0.455. The van der Waals surface area contributed by atoms with E-state index < -0.39 is 0 Å². The Bertz CT molecular complexity index is 417. The van der Waals surface area contributed by atoms with Gasteiger partial charge < -0.3 is 9.64 Å². The first-order valence-corrected chi connectivity index (χ1v) is 6.15. The van der Waals surface area contributed by atoms with Crippen molar-refractivity contribution in [1.29, 1.82) is 0 Å². The molecule has 0 saturated carbocycles. The lowest BCUT2D eigenvalue weighted by Crippen LogP contribution is -2.21. The molecule has 4 nitrogen and oxygen atoms in total. The maximum atomic E-state index is 5.45. The van der Waals surface area contributed by atoms with Gasteiger partial charge in [0.05, 0.1) is 18.3 Å². The molecule has 0 saturated heterocycles. The van der Waals surface area contributed by atoms with Gasteiger partial charge in [-0.25, -0.2) is 0 Å². The summed E-state index contributed by atoms with van der Waals surface area (Å²) < 4.78 is 13.9. The molecule has 0 aliphatic carbocycles. The van der Waals surface area contributed by atoms with Crippen LogP contribution in [0.1, 0.15) is 19.5 Å². The van der Waals surface area contributed by atoms with Crippen LogP contribution < -0.4 is 4.74 Å². The van der Waals surface area contributed by atoms with Crippen molar-refractivity contribution in [3.05, 3.63) is 24.0 Å². The van der Waals surface area contributed by atoms with Crippen LogP contribution in [0.15, 0.2) is 18.4 Å². The zero-order valence-corrected chi connectivity index (χ0v) is 13.1. The maximum absolute atomic E-state index is 5.45. The van der Waals surface area contributed by atoms with Crippen LogP contribution >= 0.6 is 35.7 Å². The molecule has 0 aromatic carbocycles. The van der Waals surface area contributed by atoms with Crippen molar-refractivity contribution in [2.45, 2.75) is 13.8 Å². The van der Waals surface area contributed by atoms with Crippen LogP contribution in [0, 0.1) is 0 Å². The van der Waals surface area contributed by atoms with Gasteiger partial charge >= 0.3 is 0 Å². The molecule has 1 aromatic heterocycles. The summed E-state index contributed by atoms with van der Waals surface area (Å²) in [6, 6.07) is 0. The first-order chi connectivity index (χ1) is 7.85. The van der Waals surface area contributed by atoms with E-state index in [0.717, 1.165) is 18.8 Å². The second kappa shape index (κ2) is 6.95. The number of nitrogens with zero attached hydrogens (tertiary/aromatic N) is 3. The summed E-state index contributed by atoms with van der Waals surface area (Å²) in [6.07, 6.45) is 6.20.